The Hall–Kier alpha value is -1.82. The van der Waals surface area contributed by atoms with Crippen molar-refractivity contribution < 1.29 is 9.21 Å². The van der Waals surface area contributed by atoms with Gasteiger partial charge < -0.3 is 14.6 Å². The molecule has 1 aromatic carbocycles. The normalized spacial score (nSPS) is 12.7. The first kappa shape index (κ1) is 17.0. The largest absolute Gasteiger partial charge is 0.449 e. The molecule has 0 aliphatic carbocycles. The zero-order valence-electron chi connectivity index (χ0n) is 13.8. The van der Waals surface area contributed by atoms with E-state index in [2.05, 4.69) is 16.3 Å². The first-order chi connectivity index (χ1) is 11.5. The Morgan fingerprint density at radius 1 is 1.33 bits per heavy atom. The molecule has 0 spiro atoms. The van der Waals surface area contributed by atoms with Gasteiger partial charge >= 0.3 is 0 Å². The number of nitrogens with one attached hydrogen (secondary N) is 1. The number of hydrogen-bond acceptors (Lipinski definition) is 4. The van der Waals surface area contributed by atoms with E-state index in [-0.39, 0.29) is 11.9 Å². The zero-order chi connectivity index (χ0) is 17.3. The number of aryl methyl sites for hydroxylation is 1. The summed E-state index contributed by atoms with van der Waals surface area (Å²) in [5, 5.41) is 6.40. The van der Waals surface area contributed by atoms with E-state index in [9.17, 15) is 4.79 Å². The second-order valence-electron chi connectivity index (χ2n) is 5.88. The number of halogens is 1. The van der Waals surface area contributed by atoms with Gasteiger partial charge in [0.15, 0.2) is 11.3 Å². The van der Waals surface area contributed by atoms with E-state index in [0.717, 1.165) is 10.9 Å². The van der Waals surface area contributed by atoms with Crippen molar-refractivity contribution in [2.24, 2.45) is 0 Å². The van der Waals surface area contributed by atoms with Gasteiger partial charge in [-0.25, -0.2) is 0 Å². The molecule has 2 aromatic heterocycles. The van der Waals surface area contributed by atoms with Gasteiger partial charge in [-0.1, -0.05) is 29.8 Å². The van der Waals surface area contributed by atoms with Crippen molar-refractivity contribution in [3.8, 4) is 0 Å². The summed E-state index contributed by atoms with van der Waals surface area (Å²) in [5.41, 5.74) is 1.37. The van der Waals surface area contributed by atoms with Gasteiger partial charge in [-0.2, -0.15) is 0 Å². The minimum Gasteiger partial charge on any atom is -0.449 e. The molecule has 1 unspecified atom stereocenters. The van der Waals surface area contributed by atoms with E-state index in [1.54, 1.807) is 17.4 Å². The summed E-state index contributed by atoms with van der Waals surface area (Å²) in [4.78, 5) is 15.9. The molecule has 1 N–H and O–H groups in total. The van der Waals surface area contributed by atoms with Crippen molar-refractivity contribution >= 4 is 39.8 Å². The molecule has 0 saturated heterocycles. The van der Waals surface area contributed by atoms with Crippen LogP contribution in [0.5, 0.6) is 0 Å². The molecule has 3 rings (SSSR count). The van der Waals surface area contributed by atoms with Crippen LogP contribution in [0.4, 0.5) is 0 Å². The molecule has 2 heterocycles. The van der Waals surface area contributed by atoms with Crippen LogP contribution in [-0.2, 0) is 0 Å². The number of benzene rings is 1. The van der Waals surface area contributed by atoms with Crippen LogP contribution in [0.15, 0.2) is 40.1 Å². The first-order valence-electron chi connectivity index (χ1n) is 7.64. The molecule has 126 valence electrons. The standard InChI is InChI=1S/C18H19ClN2O2S/c1-11-12-6-4-7-13(19)17(12)23-16(11)18(22)20-10-14(21(2)3)15-8-5-9-24-15/h4-9,14H,10H2,1-3H3,(H,20,22). The maximum atomic E-state index is 12.6. The lowest BCUT2D eigenvalue weighted by molar-refractivity contribution is 0.0916. The van der Waals surface area contributed by atoms with Crippen LogP contribution in [0, 0.1) is 6.92 Å². The van der Waals surface area contributed by atoms with Crippen molar-refractivity contribution in [1.29, 1.82) is 0 Å². The summed E-state index contributed by atoms with van der Waals surface area (Å²) >= 11 is 7.83. The third kappa shape index (κ3) is 3.20. The molecule has 24 heavy (non-hydrogen) atoms. The van der Waals surface area contributed by atoms with Crippen LogP contribution in [-0.4, -0.2) is 31.4 Å². The molecule has 0 saturated carbocycles. The number of nitrogens with zero attached hydrogens (tertiary/aromatic N) is 1. The highest BCUT2D eigenvalue weighted by atomic mass is 35.5. The lowest BCUT2D eigenvalue weighted by Gasteiger charge is -2.23. The Kier molecular flexibility index (Phi) is 4.94. The van der Waals surface area contributed by atoms with Gasteiger partial charge in [0.1, 0.15) is 0 Å². The molecule has 0 aliphatic rings. The van der Waals surface area contributed by atoms with Crippen LogP contribution in [0.3, 0.4) is 0 Å². The topological polar surface area (TPSA) is 45.5 Å². The summed E-state index contributed by atoms with van der Waals surface area (Å²) in [5.74, 6) is 0.102. The SMILES string of the molecule is Cc1c(C(=O)NCC(c2cccs2)N(C)C)oc2c(Cl)cccc12. The fraction of sp³-hybridized carbons (Fsp3) is 0.278. The van der Waals surface area contributed by atoms with Gasteiger partial charge in [0.25, 0.3) is 5.91 Å². The maximum absolute atomic E-state index is 12.6. The van der Waals surface area contributed by atoms with Crippen molar-refractivity contribution in [3.05, 3.63) is 56.9 Å². The summed E-state index contributed by atoms with van der Waals surface area (Å²) < 4.78 is 5.72. The van der Waals surface area contributed by atoms with Gasteiger partial charge in [0.2, 0.25) is 0 Å². The minimum absolute atomic E-state index is 0.127. The number of para-hydroxylation sites is 1. The van der Waals surface area contributed by atoms with E-state index in [1.165, 1.54) is 4.88 Å². The smallest absolute Gasteiger partial charge is 0.287 e. The number of fused-ring (bicyclic) bond motifs is 1. The Morgan fingerprint density at radius 2 is 2.12 bits per heavy atom. The fourth-order valence-corrected chi connectivity index (χ4v) is 3.85. The van der Waals surface area contributed by atoms with Crippen molar-refractivity contribution in [2.45, 2.75) is 13.0 Å². The molecule has 0 aliphatic heterocycles. The molecule has 3 aromatic rings. The van der Waals surface area contributed by atoms with Crippen LogP contribution in [0.2, 0.25) is 5.02 Å². The Morgan fingerprint density at radius 3 is 2.75 bits per heavy atom. The second-order valence-corrected chi connectivity index (χ2v) is 7.26. The Balaban J connectivity index is 1.80. The molecule has 6 heteroatoms. The van der Waals surface area contributed by atoms with Crippen LogP contribution >= 0.6 is 22.9 Å². The predicted molar refractivity (Wildman–Crippen MR) is 99.0 cm³/mol. The lowest BCUT2D eigenvalue weighted by atomic mass is 10.1. The fourth-order valence-electron chi connectivity index (χ4n) is 2.71. The lowest BCUT2D eigenvalue weighted by Crippen LogP contribution is -2.34. The predicted octanol–water partition coefficient (Wildman–Crippen LogP) is 4.49. The van der Waals surface area contributed by atoms with Crippen LogP contribution in [0.25, 0.3) is 11.0 Å². The highest BCUT2D eigenvalue weighted by Crippen LogP contribution is 2.30. The van der Waals surface area contributed by atoms with Crippen molar-refractivity contribution in [3.63, 3.8) is 0 Å². The number of thiophene rings is 1. The molecule has 1 atom stereocenters. The van der Waals surface area contributed by atoms with Crippen molar-refractivity contribution in [2.75, 3.05) is 20.6 Å². The van der Waals surface area contributed by atoms with Gasteiger partial charge in [-0.05, 0) is 38.5 Å². The van der Waals surface area contributed by atoms with Crippen LogP contribution in [0.1, 0.15) is 27.0 Å². The number of hydrogen-bond donors (Lipinski definition) is 1. The summed E-state index contributed by atoms with van der Waals surface area (Å²) in [6.07, 6.45) is 0. The molecule has 1 amide bonds. The van der Waals surface area contributed by atoms with Gasteiger partial charge in [0.05, 0.1) is 11.1 Å². The van der Waals surface area contributed by atoms with Crippen LogP contribution < -0.4 is 5.32 Å². The van der Waals surface area contributed by atoms with E-state index < -0.39 is 0 Å². The number of carbonyl (C=O) groups excluding carboxylic acids is 1. The first-order valence-corrected chi connectivity index (χ1v) is 8.90. The molecular formula is C18H19ClN2O2S. The highest BCUT2D eigenvalue weighted by Gasteiger charge is 2.21. The van der Waals surface area contributed by atoms with Gasteiger partial charge in [0, 0.05) is 22.4 Å². The number of likely N-dealkylation sites (N-methyl/N-ethyl adjacent to an activating group) is 1. The molecular weight excluding hydrogens is 344 g/mol. The summed E-state index contributed by atoms with van der Waals surface area (Å²) in [6.45, 7) is 2.39. The number of carbonyl (C=O) groups is 1. The quantitative estimate of drug-likeness (QED) is 0.727. The maximum Gasteiger partial charge on any atom is 0.287 e. The van der Waals surface area contributed by atoms with Gasteiger partial charge in [-0.3, -0.25) is 4.79 Å². The summed E-state index contributed by atoms with van der Waals surface area (Å²) in [6, 6.07) is 9.74. The van der Waals surface area contributed by atoms with Gasteiger partial charge in [-0.15, -0.1) is 11.3 Å². The number of amides is 1. The highest BCUT2D eigenvalue weighted by molar-refractivity contribution is 7.10. The summed E-state index contributed by atoms with van der Waals surface area (Å²) in [7, 11) is 4.01. The molecule has 4 nitrogen and oxygen atoms in total. The van der Waals surface area contributed by atoms with E-state index >= 15 is 0 Å². The van der Waals surface area contributed by atoms with E-state index in [1.807, 2.05) is 44.6 Å². The minimum atomic E-state index is -0.219. The third-order valence-electron chi connectivity index (χ3n) is 4.07. The Labute approximate surface area is 150 Å². The molecule has 0 radical (unpaired) electrons. The second kappa shape index (κ2) is 6.97. The molecule has 0 fully saturated rings. The number of rotatable bonds is 5. The molecule has 0 bridgehead atoms. The number of furan rings is 1. The average molecular weight is 363 g/mol. The monoisotopic (exact) mass is 362 g/mol. The average Bonchev–Trinajstić information content (AvgIpc) is 3.17. The zero-order valence-corrected chi connectivity index (χ0v) is 15.4. The Bertz CT molecular complexity index is 855. The van der Waals surface area contributed by atoms with Crippen molar-refractivity contribution in [1.82, 2.24) is 10.2 Å². The third-order valence-corrected chi connectivity index (χ3v) is 5.34. The van der Waals surface area contributed by atoms with E-state index in [4.69, 9.17) is 16.0 Å². The van der Waals surface area contributed by atoms with E-state index in [0.29, 0.717) is 22.9 Å².